The number of rotatable bonds is 1. The van der Waals surface area contributed by atoms with E-state index in [4.69, 9.17) is 23.2 Å². The molecule has 0 saturated carbocycles. The van der Waals surface area contributed by atoms with Crippen molar-refractivity contribution in [3.63, 3.8) is 0 Å². The molecule has 0 saturated heterocycles. The Morgan fingerprint density at radius 2 is 1.63 bits per heavy atom. The lowest BCUT2D eigenvalue weighted by Gasteiger charge is -1.99. The molecule has 1 aliphatic heterocycles. The van der Waals surface area contributed by atoms with Crippen LogP contribution in [0.1, 0.15) is 11.1 Å². The topological polar surface area (TPSA) is 29.1 Å². The molecule has 2 aromatic rings. The molecule has 19 heavy (non-hydrogen) atoms. The molecule has 3 rings (SSSR count). The summed E-state index contributed by atoms with van der Waals surface area (Å²) in [6.07, 6.45) is 1.83. The maximum absolute atomic E-state index is 12.0. The van der Waals surface area contributed by atoms with E-state index in [1.807, 2.05) is 18.2 Å². The first-order chi connectivity index (χ1) is 9.13. The lowest BCUT2D eigenvalue weighted by atomic mass is 10.0. The molecule has 0 aromatic heterocycles. The van der Waals surface area contributed by atoms with Gasteiger partial charge in [-0.3, -0.25) is 4.79 Å². The number of anilines is 1. The smallest absolute Gasteiger partial charge is 0.256 e. The lowest BCUT2D eigenvalue weighted by Crippen LogP contribution is -2.03. The Labute approximate surface area is 120 Å². The Hall–Kier alpha value is -1.77. The van der Waals surface area contributed by atoms with E-state index < -0.39 is 0 Å². The Balaban J connectivity index is 2.08. The van der Waals surface area contributed by atoms with Crippen molar-refractivity contribution in [2.24, 2.45) is 0 Å². The van der Waals surface area contributed by atoms with Crippen molar-refractivity contribution in [2.75, 3.05) is 5.32 Å². The molecule has 94 valence electrons. The molecule has 2 aromatic carbocycles. The van der Waals surface area contributed by atoms with E-state index in [-0.39, 0.29) is 5.91 Å². The minimum atomic E-state index is -0.118. The van der Waals surface area contributed by atoms with Crippen molar-refractivity contribution in [2.45, 2.75) is 0 Å². The molecule has 4 heteroatoms. The summed E-state index contributed by atoms with van der Waals surface area (Å²) in [5.74, 6) is -0.118. The van der Waals surface area contributed by atoms with Crippen LogP contribution in [-0.4, -0.2) is 5.91 Å². The van der Waals surface area contributed by atoms with E-state index in [0.717, 1.165) is 16.8 Å². The fraction of sp³-hybridized carbons (Fsp3) is 0. The van der Waals surface area contributed by atoms with Crippen LogP contribution in [0.3, 0.4) is 0 Å². The zero-order valence-corrected chi connectivity index (χ0v) is 11.3. The van der Waals surface area contributed by atoms with Crippen molar-refractivity contribution in [3.05, 3.63) is 63.6 Å². The van der Waals surface area contributed by atoms with E-state index in [1.54, 1.807) is 30.3 Å². The molecule has 1 heterocycles. The van der Waals surface area contributed by atoms with Gasteiger partial charge in [-0.25, -0.2) is 0 Å². The van der Waals surface area contributed by atoms with Gasteiger partial charge in [0.2, 0.25) is 0 Å². The highest BCUT2D eigenvalue weighted by atomic mass is 35.5. The average molecular weight is 290 g/mol. The highest BCUT2D eigenvalue weighted by molar-refractivity contribution is 6.36. The van der Waals surface area contributed by atoms with E-state index >= 15 is 0 Å². The van der Waals surface area contributed by atoms with Gasteiger partial charge >= 0.3 is 0 Å². The fourth-order valence-electron chi connectivity index (χ4n) is 2.03. The van der Waals surface area contributed by atoms with Crippen LogP contribution in [0.4, 0.5) is 5.69 Å². The molecular weight excluding hydrogens is 281 g/mol. The summed E-state index contributed by atoms with van der Waals surface area (Å²) in [5, 5.41) is 4.09. The van der Waals surface area contributed by atoms with Crippen LogP contribution in [0.25, 0.3) is 11.6 Å². The predicted octanol–water partition coefficient (Wildman–Crippen LogP) is 4.49. The van der Waals surface area contributed by atoms with Crippen LogP contribution < -0.4 is 5.32 Å². The van der Waals surface area contributed by atoms with Crippen molar-refractivity contribution < 1.29 is 4.79 Å². The first-order valence-corrected chi connectivity index (χ1v) is 6.47. The second-order valence-corrected chi connectivity index (χ2v) is 5.13. The summed E-state index contributed by atoms with van der Waals surface area (Å²) in [4.78, 5) is 12.0. The van der Waals surface area contributed by atoms with Gasteiger partial charge in [-0.2, -0.15) is 0 Å². The van der Waals surface area contributed by atoms with Gasteiger partial charge < -0.3 is 5.32 Å². The second-order valence-electron chi connectivity index (χ2n) is 4.25. The van der Waals surface area contributed by atoms with Crippen molar-refractivity contribution in [1.82, 2.24) is 0 Å². The molecule has 0 spiro atoms. The zero-order valence-electron chi connectivity index (χ0n) is 9.78. The van der Waals surface area contributed by atoms with Crippen LogP contribution in [0, 0.1) is 0 Å². The van der Waals surface area contributed by atoms with Crippen molar-refractivity contribution in [1.29, 1.82) is 0 Å². The molecule has 0 aliphatic carbocycles. The highest BCUT2D eigenvalue weighted by Crippen LogP contribution is 2.34. The number of halogens is 2. The van der Waals surface area contributed by atoms with Crippen LogP contribution in [0.5, 0.6) is 0 Å². The quantitative estimate of drug-likeness (QED) is 0.770. The highest BCUT2D eigenvalue weighted by Gasteiger charge is 2.23. The molecule has 1 aliphatic rings. The predicted molar refractivity (Wildman–Crippen MR) is 79.4 cm³/mol. The first-order valence-electron chi connectivity index (χ1n) is 5.72. The van der Waals surface area contributed by atoms with Gasteiger partial charge in [0, 0.05) is 26.9 Å². The lowest BCUT2D eigenvalue weighted by molar-refractivity contribution is -0.110. The number of carbonyl (C=O) groups is 1. The van der Waals surface area contributed by atoms with Gasteiger partial charge in [0.1, 0.15) is 0 Å². The number of amides is 1. The van der Waals surface area contributed by atoms with Crippen LogP contribution in [0.2, 0.25) is 10.0 Å². The van der Waals surface area contributed by atoms with Gasteiger partial charge in [-0.05, 0) is 42.0 Å². The molecule has 2 nitrogen and oxygen atoms in total. The summed E-state index contributed by atoms with van der Waals surface area (Å²) < 4.78 is 0. The van der Waals surface area contributed by atoms with E-state index in [9.17, 15) is 4.79 Å². The van der Waals surface area contributed by atoms with Gasteiger partial charge in [0.05, 0.1) is 0 Å². The Bertz CT molecular complexity index is 690. The van der Waals surface area contributed by atoms with E-state index in [0.29, 0.717) is 15.6 Å². The molecule has 0 radical (unpaired) electrons. The standard InChI is InChI=1S/C15H9Cl2NO/c16-10-3-1-9(2-4-10)7-13-12-8-11(17)5-6-14(12)18-15(13)19/h1-8H,(H,18,19)/b13-7+. The maximum atomic E-state index is 12.0. The van der Waals surface area contributed by atoms with Gasteiger partial charge in [-0.1, -0.05) is 35.3 Å². The number of carbonyl (C=O) groups excluding carboxylic acids is 1. The minimum Gasteiger partial charge on any atom is -0.321 e. The number of hydrogen-bond donors (Lipinski definition) is 1. The molecule has 0 fully saturated rings. The van der Waals surface area contributed by atoms with Crippen LogP contribution >= 0.6 is 23.2 Å². The van der Waals surface area contributed by atoms with Crippen LogP contribution in [-0.2, 0) is 4.79 Å². The number of hydrogen-bond acceptors (Lipinski definition) is 1. The van der Waals surface area contributed by atoms with Gasteiger partial charge in [-0.15, -0.1) is 0 Å². The third kappa shape index (κ3) is 2.37. The fourth-order valence-corrected chi connectivity index (χ4v) is 2.33. The van der Waals surface area contributed by atoms with Gasteiger partial charge in [0.15, 0.2) is 0 Å². The number of nitrogens with one attached hydrogen (secondary N) is 1. The third-order valence-corrected chi connectivity index (χ3v) is 3.43. The largest absolute Gasteiger partial charge is 0.321 e. The third-order valence-electron chi connectivity index (χ3n) is 2.95. The summed E-state index contributed by atoms with van der Waals surface area (Å²) >= 11 is 11.8. The zero-order chi connectivity index (χ0) is 13.4. The second kappa shape index (κ2) is 4.72. The Morgan fingerprint density at radius 3 is 2.37 bits per heavy atom. The average Bonchev–Trinajstić information content (AvgIpc) is 2.69. The van der Waals surface area contributed by atoms with E-state index in [1.165, 1.54) is 0 Å². The number of benzene rings is 2. The Morgan fingerprint density at radius 1 is 0.947 bits per heavy atom. The monoisotopic (exact) mass is 289 g/mol. The maximum Gasteiger partial charge on any atom is 0.256 e. The number of fused-ring (bicyclic) bond motifs is 1. The molecule has 0 bridgehead atoms. The summed E-state index contributed by atoms with van der Waals surface area (Å²) in [6, 6.07) is 12.7. The van der Waals surface area contributed by atoms with Crippen LogP contribution in [0.15, 0.2) is 42.5 Å². The normalized spacial score (nSPS) is 15.5. The van der Waals surface area contributed by atoms with E-state index in [2.05, 4.69) is 5.32 Å². The molecule has 0 unspecified atom stereocenters. The first kappa shape index (κ1) is 12.3. The molecule has 0 atom stereocenters. The summed E-state index contributed by atoms with van der Waals surface area (Å²) in [5.41, 5.74) is 3.14. The minimum absolute atomic E-state index is 0.118. The Kier molecular flexibility index (Phi) is 3.05. The SMILES string of the molecule is O=C1Nc2ccc(Cl)cc2/C1=C\c1ccc(Cl)cc1. The van der Waals surface area contributed by atoms with Crippen molar-refractivity contribution >= 4 is 46.4 Å². The molecular formula is C15H9Cl2NO. The summed E-state index contributed by atoms with van der Waals surface area (Å²) in [6.45, 7) is 0. The molecule has 1 N–H and O–H groups in total. The molecule has 1 amide bonds. The summed E-state index contributed by atoms with van der Waals surface area (Å²) in [7, 11) is 0. The van der Waals surface area contributed by atoms with Gasteiger partial charge in [0.25, 0.3) is 5.91 Å². The van der Waals surface area contributed by atoms with Crippen molar-refractivity contribution in [3.8, 4) is 0 Å².